The van der Waals surface area contributed by atoms with E-state index in [4.69, 9.17) is 4.52 Å². The Morgan fingerprint density at radius 2 is 2.06 bits per heavy atom. The van der Waals surface area contributed by atoms with Gasteiger partial charge in [0.1, 0.15) is 0 Å². The van der Waals surface area contributed by atoms with Gasteiger partial charge in [0.2, 0.25) is 0 Å². The Morgan fingerprint density at radius 3 is 2.61 bits per heavy atom. The number of hydrogen-bond acceptors (Lipinski definition) is 4. The summed E-state index contributed by atoms with van der Waals surface area (Å²) in [6, 6.07) is 0.140. The van der Waals surface area contributed by atoms with Gasteiger partial charge < -0.3 is 9.42 Å². The summed E-state index contributed by atoms with van der Waals surface area (Å²) in [5.41, 5.74) is 0. The average molecular weight is 252 g/mol. The Hall–Kier alpha value is -1.59. The lowest BCUT2D eigenvalue weighted by Crippen LogP contribution is -2.41. The van der Waals surface area contributed by atoms with E-state index in [1.54, 1.807) is 18.9 Å². The highest BCUT2D eigenvalue weighted by atomic mass is 16.5. The van der Waals surface area contributed by atoms with E-state index in [-0.39, 0.29) is 12.0 Å². The first kappa shape index (κ1) is 12.9. The highest BCUT2D eigenvalue weighted by Crippen LogP contribution is 2.25. The molecule has 18 heavy (non-hydrogen) atoms. The monoisotopic (exact) mass is 252 g/mol. The lowest BCUT2D eigenvalue weighted by atomic mass is 10.1. The lowest BCUT2D eigenvalue weighted by molar-refractivity contribution is 0.206. The number of hydrogen-bond donors (Lipinski definition) is 0. The van der Waals surface area contributed by atoms with Crippen LogP contribution in [-0.4, -0.2) is 41.7 Å². The minimum absolute atomic E-state index is 0.106. The maximum atomic E-state index is 12.2. The SMILES string of the molecule is Cc1noc(N(C)C(=O)N(C)CC2CCCC2)n1. The molecule has 1 aliphatic carbocycles. The number of carbonyl (C=O) groups is 1. The first-order chi connectivity index (χ1) is 8.58. The standard InChI is InChI=1S/C12H20N4O2/c1-9-13-11(18-14-9)16(3)12(17)15(2)8-10-6-4-5-7-10/h10H,4-8H2,1-3H3. The Morgan fingerprint density at radius 1 is 1.39 bits per heavy atom. The summed E-state index contributed by atoms with van der Waals surface area (Å²) in [5, 5.41) is 3.68. The first-order valence-corrected chi connectivity index (χ1v) is 6.37. The zero-order chi connectivity index (χ0) is 13.1. The van der Waals surface area contributed by atoms with Gasteiger partial charge in [-0.2, -0.15) is 4.98 Å². The summed E-state index contributed by atoms with van der Waals surface area (Å²) in [5.74, 6) is 1.17. The van der Waals surface area contributed by atoms with Crippen LogP contribution < -0.4 is 4.90 Å². The van der Waals surface area contributed by atoms with Crippen molar-refractivity contribution in [3.8, 4) is 0 Å². The summed E-state index contributed by atoms with van der Waals surface area (Å²) in [6.07, 6.45) is 5.01. The summed E-state index contributed by atoms with van der Waals surface area (Å²) in [4.78, 5) is 19.3. The molecule has 0 spiro atoms. The number of carbonyl (C=O) groups excluding carboxylic acids is 1. The second-order valence-electron chi connectivity index (χ2n) is 5.00. The van der Waals surface area contributed by atoms with Gasteiger partial charge in [-0.15, -0.1) is 0 Å². The van der Waals surface area contributed by atoms with E-state index >= 15 is 0 Å². The van der Waals surface area contributed by atoms with Crippen molar-refractivity contribution in [1.29, 1.82) is 0 Å². The van der Waals surface area contributed by atoms with E-state index in [9.17, 15) is 4.79 Å². The van der Waals surface area contributed by atoms with Gasteiger partial charge in [0.05, 0.1) is 0 Å². The minimum Gasteiger partial charge on any atom is -0.327 e. The molecule has 0 aromatic carbocycles. The van der Waals surface area contributed by atoms with Crippen LogP contribution in [0.15, 0.2) is 4.52 Å². The number of aromatic nitrogens is 2. The molecule has 1 heterocycles. The van der Waals surface area contributed by atoms with Gasteiger partial charge in [-0.05, 0) is 25.7 Å². The van der Waals surface area contributed by atoms with Crippen molar-refractivity contribution < 1.29 is 9.32 Å². The van der Waals surface area contributed by atoms with Crippen LogP contribution in [0.3, 0.4) is 0 Å². The molecule has 0 saturated heterocycles. The van der Waals surface area contributed by atoms with E-state index < -0.39 is 0 Å². The molecule has 0 bridgehead atoms. The van der Waals surface area contributed by atoms with Crippen LogP contribution in [0.1, 0.15) is 31.5 Å². The van der Waals surface area contributed by atoms with Gasteiger partial charge >= 0.3 is 12.0 Å². The average Bonchev–Trinajstić information content (AvgIpc) is 2.98. The molecule has 0 aliphatic heterocycles. The highest BCUT2D eigenvalue weighted by Gasteiger charge is 2.24. The van der Waals surface area contributed by atoms with Gasteiger partial charge in [-0.1, -0.05) is 18.0 Å². The van der Waals surface area contributed by atoms with E-state index in [1.807, 2.05) is 7.05 Å². The second-order valence-corrected chi connectivity index (χ2v) is 5.00. The van der Waals surface area contributed by atoms with Crippen molar-refractivity contribution in [2.45, 2.75) is 32.6 Å². The molecular weight excluding hydrogens is 232 g/mol. The number of aryl methyl sites for hydroxylation is 1. The second kappa shape index (κ2) is 5.37. The van der Waals surface area contributed by atoms with E-state index in [0.29, 0.717) is 11.7 Å². The van der Waals surface area contributed by atoms with Crippen molar-refractivity contribution in [3.05, 3.63) is 5.82 Å². The van der Waals surface area contributed by atoms with Crippen LogP contribution in [0, 0.1) is 12.8 Å². The molecule has 6 nitrogen and oxygen atoms in total. The normalized spacial score (nSPS) is 15.9. The third kappa shape index (κ3) is 2.80. The molecule has 1 aliphatic rings. The number of urea groups is 1. The highest BCUT2D eigenvalue weighted by molar-refractivity contribution is 5.88. The van der Waals surface area contributed by atoms with Crippen LogP contribution in [-0.2, 0) is 0 Å². The van der Waals surface area contributed by atoms with Gasteiger partial charge in [0, 0.05) is 20.6 Å². The van der Waals surface area contributed by atoms with Crippen molar-refractivity contribution in [3.63, 3.8) is 0 Å². The lowest BCUT2D eigenvalue weighted by Gasteiger charge is -2.24. The quantitative estimate of drug-likeness (QED) is 0.826. The molecule has 0 unspecified atom stereocenters. The summed E-state index contributed by atoms with van der Waals surface area (Å²) < 4.78 is 4.98. The molecule has 1 aromatic heterocycles. The molecule has 0 atom stereocenters. The van der Waals surface area contributed by atoms with Crippen molar-refractivity contribution in [1.82, 2.24) is 15.0 Å². The molecule has 100 valence electrons. The zero-order valence-corrected chi connectivity index (χ0v) is 11.2. The number of amides is 2. The Kier molecular flexibility index (Phi) is 3.84. The van der Waals surface area contributed by atoms with Gasteiger partial charge in [0.15, 0.2) is 5.82 Å². The van der Waals surface area contributed by atoms with Crippen LogP contribution in [0.4, 0.5) is 10.8 Å². The molecule has 2 rings (SSSR count). The third-order valence-corrected chi connectivity index (χ3v) is 3.42. The summed E-state index contributed by atoms with van der Waals surface area (Å²) in [6.45, 7) is 2.53. The fourth-order valence-electron chi connectivity index (χ4n) is 2.42. The largest absolute Gasteiger partial charge is 0.331 e. The van der Waals surface area contributed by atoms with Gasteiger partial charge in [0.25, 0.3) is 0 Å². The Labute approximate surface area is 107 Å². The van der Waals surface area contributed by atoms with E-state index in [2.05, 4.69) is 10.1 Å². The molecule has 6 heteroatoms. The zero-order valence-electron chi connectivity index (χ0n) is 11.2. The topological polar surface area (TPSA) is 62.5 Å². The van der Waals surface area contributed by atoms with Crippen molar-refractivity contribution >= 4 is 12.0 Å². The smallest absolute Gasteiger partial charge is 0.327 e. The third-order valence-electron chi connectivity index (χ3n) is 3.42. The summed E-state index contributed by atoms with van der Waals surface area (Å²) in [7, 11) is 3.47. The predicted octanol–water partition coefficient (Wildman–Crippen LogP) is 2.06. The molecule has 1 aromatic rings. The molecule has 1 fully saturated rings. The van der Waals surface area contributed by atoms with Crippen LogP contribution in [0.2, 0.25) is 0 Å². The predicted molar refractivity (Wildman–Crippen MR) is 67.4 cm³/mol. The molecule has 0 N–H and O–H groups in total. The number of anilines is 1. The van der Waals surface area contributed by atoms with Gasteiger partial charge in [-0.25, -0.2) is 9.69 Å². The van der Waals surface area contributed by atoms with Crippen LogP contribution in [0.5, 0.6) is 0 Å². The maximum absolute atomic E-state index is 12.2. The molecule has 2 amide bonds. The number of rotatable bonds is 3. The van der Waals surface area contributed by atoms with E-state index in [0.717, 1.165) is 6.54 Å². The molecule has 0 radical (unpaired) electrons. The maximum Gasteiger partial charge on any atom is 0.331 e. The Bertz CT molecular complexity index is 412. The van der Waals surface area contributed by atoms with Crippen LogP contribution >= 0.6 is 0 Å². The first-order valence-electron chi connectivity index (χ1n) is 6.37. The minimum atomic E-state index is -0.106. The summed E-state index contributed by atoms with van der Waals surface area (Å²) >= 11 is 0. The molecule has 1 saturated carbocycles. The Balaban J connectivity index is 1.93. The molecular formula is C12H20N4O2. The van der Waals surface area contributed by atoms with E-state index in [1.165, 1.54) is 30.6 Å². The fraction of sp³-hybridized carbons (Fsp3) is 0.750. The van der Waals surface area contributed by atoms with Crippen LogP contribution in [0.25, 0.3) is 0 Å². The number of nitrogens with zero attached hydrogens (tertiary/aromatic N) is 4. The van der Waals surface area contributed by atoms with Gasteiger partial charge in [-0.3, -0.25) is 0 Å². The fourth-order valence-corrected chi connectivity index (χ4v) is 2.42. The van der Waals surface area contributed by atoms with Crippen molar-refractivity contribution in [2.24, 2.45) is 5.92 Å². The van der Waals surface area contributed by atoms with Crippen molar-refractivity contribution in [2.75, 3.05) is 25.5 Å².